The molecule has 0 aliphatic rings. The molecule has 304 valence electrons. The maximum Gasteiger partial charge on any atom is 1.00 e. The Morgan fingerprint density at radius 2 is 1.03 bits per heavy atom. The molecule has 2 heterocycles. The zero-order valence-electron chi connectivity index (χ0n) is 32.7. The van der Waals surface area contributed by atoms with Crippen LogP contribution in [0.25, 0.3) is 21.5 Å². The molecule has 0 bridgehead atoms. The second kappa shape index (κ2) is 23.5. The standard InChI is InChI=1S/C22H21N3O5.C20H17N3O5.K.H2O/c1-2-30-19(27)11-10-18(26)20-23-13-17(22(29)25-20)21(28)24-12-15-8-5-7-14-6-3-4-9-16(14)15;24-16(8-9-17(25)26)18-21-11-15(20(28)23-18)19(27)22-10-13-6-3-5-12-4-1-2-7-14(12)13;;/h3-9,13H,2,10-12H2,1H3,(H,24,28)(H,23,25,29);1-7,11H,8-10H2,(H,22,27)(H,25,26)(H,21,23,28);;1H2/q;;+1;/p-1. The first-order chi connectivity index (χ1) is 27.9. The van der Waals surface area contributed by atoms with Crippen LogP contribution in [0.15, 0.2) is 107 Å². The van der Waals surface area contributed by atoms with Crippen molar-refractivity contribution in [2.24, 2.45) is 0 Å². The molecule has 0 unspecified atom stereocenters. The Kier molecular flexibility index (Phi) is 19.0. The number of hydrogen-bond donors (Lipinski definition) is 5. The molecule has 6 N–H and O–H groups in total. The summed E-state index contributed by atoms with van der Waals surface area (Å²) >= 11 is 0. The molecule has 2 amide bonds. The van der Waals surface area contributed by atoms with Gasteiger partial charge in [0.15, 0.2) is 23.2 Å². The van der Waals surface area contributed by atoms with Gasteiger partial charge in [0.25, 0.3) is 22.9 Å². The second-order valence-electron chi connectivity index (χ2n) is 12.6. The smallest absolute Gasteiger partial charge is 0.870 e. The summed E-state index contributed by atoms with van der Waals surface area (Å²) in [6, 6.07) is 27.1. The van der Waals surface area contributed by atoms with E-state index in [1.807, 2.05) is 84.9 Å². The molecule has 17 nitrogen and oxygen atoms in total. The monoisotopic (exact) mass is 842 g/mol. The van der Waals surface area contributed by atoms with Gasteiger partial charge in [0.1, 0.15) is 11.1 Å². The minimum absolute atomic E-state index is 0. The molecule has 0 radical (unpaired) electrons. The van der Waals surface area contributed by atoms with Gasteiger partial charge >= 0.3 is 63.3 Å². The molecule has 6 rings (SSSR count). The number of nitrogens with zero attached hydrogens (tertiary/aromatic N) is 2. The van der Waals surface area contributed by atoms with Crippen molar-refractivity contribution in [1.82, 2.24) is 30.6 Å². The summed E-state index contributed by atoms with van der Waals surface area (Å²) in [5, 5.41) is 18.1. The molecule has 4 aromatic carbocycles. The number of carbonyl (C=O) groups excluding carboxylic acids is 5. The number of benzene rings is 4. The number of nitrogens with one attached hydrogen (secondary N) is 4. The van der Waals surface area contributed by atoms with E-state index in [2.05, 4.69) is 30.6 Å². The minimum Gasteiger partial charge on any atom is -0.870 e. The Balaban J connectivity index is 0.000000311. The number of esters is 1. The van der Waals surface area contributed by atoms with Gasteiger partial charge < -0.3 is 35.9 Å². The number of carbonyl (C=O) groups is 6. The van der Waals surface area contributed by atoms with Gasteiger partial charge in [0.2, 0.25) is 0 Å². The van der Waals surface area contributed by atoms with E-state index in [1.54, 1.807) is 6.92 Å². The Morgan fingerprint density at radius 1 is 0.617 bits per heavy atom. The number of amides is 2. The van der Waals surface area contributed by atoms with Crippen molar-refractivity contribution in [2.75, 3.05) is 6.61 Å². The van der Waals surface area contributed by atoms with E-state index in [4.69, 9.17) is 9.84 Å². The third-order valence-electron chi connectivity index (χ3n) is 8.68. The molecular formula is C42H39KN6O11. The van der Waals surface area contributed by atoms with Crippen LogP contribution in [0, 0.1) is 0 Å². The van der Waals surface area contributed by atoms with E-state index in [0.717, 1.165) is 45.1 Å². The van der Waals surface area contributed by atoms with Crippen molar-refractivity contribution in [3.63, 3.8) is 0 Å². The molecular weight excluding hydrogens is 804 g/mol. The van der Waals surface area contributed by atoms with Crippen LogP contribution in [-0.2, 0) is 27.4 Å². The summed E-state index contributed by atoms with van der Waals surface area (Å²) < 4.78 is 4.76. The van der Waals surface area contributed by atoms with E-state index >= 15 is 0 Å². The van der Waals surface area contributed by atoms with Crippen LogP contribution in [0.3, 0.4) is 0 Å². The number of aliphatic carboxylic acids is 1. The van der Waals surface area contributed by atoms with Crippen molar-refractivity contribution in [2.45, 2.75) is 45.7 Å². The normalized spacial score (nSPS) is 10.2. The molecule has 60 heavy (non-hydrogen) atoms. The third kappa shape index (κ3) is 13.2. The SMILES string of the molecule is CCOC(=O)CCC(=O)c1ncc(C(=O)NCc2cccc3ccccc23)c(=O)[nH]1.O=C(O)CCC(=O)c1ncc(C(=O)NCc2cccc3ccccc23)c(=O)[nH]1.[K+].[OH-]. The average Bonchev–Trinajstić information content (AvgIpc) is 3.23. The van der Waals surface area contributed by atoms with Gasteiger partial charge in [-0.2, -0.15) is 0 Å². The summed E-state index contributed by atoms with van der Waals surface area (Å²) in [5.41, 5.74) is -0.0934. The molecule has 0 saturated heterocycles. The largest absolute Gasteiger partial charge is 1.00 e. The second-order valence-corrected chi connectivity index (χ2v) is 12.6. The summed E-state index contributed by atoms with van der Waals surface area (Å²) in [6.45, 7) is 2.35. The zero-order chi connectivity index (χ0) is 41.6. The molecule has 0 aliphatic carbocycles. The molecule has 0 fully saturated rings. The van der Waals surface area contributed by atoms with Gasteiger partial charge in [-0.1, -0.05) is 84.9 Å². The van der Waals surface area contributed by atoms with E-state index < -0.39 is 46.4 Å². The fraction of sp³-hybridized carbons (Fsp3) is 0.190. The predicted octanol–water partition coefficient (Wildman–Crippen LogP) is 1.11. The van der Waals surface area contributed by atoms with Gasteiger partial charge in [0.05, 0.1) is 19.4 Å². The number of H-pyrrole nitrogens is 2. The Labute approximate surface area is 384 Å². The van der Waals surface area contributed by atoms with Crippen LogP contribution in [0.4, 0.5) is 0 Å². The third-order valence-corrected chi connectivity index (χ3v) is 8.68. The van der Waals surface area contributed by atoms with Gasteiger partial charge in [-0.3, -0.25) is 38.4 Å². The number of Topliss-reactive ketones (excluding diaryl/α,β-unsaturated/α-hetero) is 2. The quantitative estimate of drug-likeness (QED) is 0.0551. The molecule has 18 heteroatoms. The van der Waals surface area contributed by atoms with Crippen molar-refractivity contribution in [3.05, 3.63) is 152 Å². The number of fused-ring (bicyclic) bond motifs is 2. The van der Waals surface area contributed by atoms with Gasteiger partial charge in [-0.25, -0.2) is 9.97 Å². The van der Waals surface area contributed by atoms with Gasteiger partial charge in [0, 0.05) is 38.3 Å². The maximum atomic E-state index is 12.4. The zero-order valence-corrected chi connectivity index (χ0v) is 35.8. The van der Waals surface area contributed by atoms with Crippen LogP contribution >= 0.6 is 0 Å². The average molecular weight is 843 g/mol. The van der Waals surface area contributed by atoms with E-state index in [0.29, 0.717) is 0 Å². The minimum atomic E-state index is -1.12. The van der Waals surface area contributed by atoms with Crippen molar-refractivity contribution in [3.8, 4) is 0 Å². The summed E-state index contributed by atoms with van der Waals surface area (Å²) in [5.74, 6) is -4.43. The predicted molar refractivity (Wildman–Crippen MR) is 213 cm³/mol. The van der Waals surface area contributed by atoms with Crippen LogP contribution in [0.1, 0.15) is 85.7 Å². The molecule has 0 saturated carbocycles. The van der Waals surface area contributed by atoms with Gasteiger partial charge in [-0.15, -0.1) is 0 Å². The van der Waals surface area contributed by atoms with E-state index in [1.165, 1.54) is 0 Å². The summed E-state index contributed by atoms with van der Waals surface area (Å²) in [4.78, 5) is 107. The van der Waals surface area contributed by atoms with Crippen LogP contribution in [-0.4, -0.2) is 72.4 Å². The summed E-state index contributed by atoms with van der Waals surface area (Å²) in [7, 11) is 0. The number of aromatic nitrogens is 4. The number of hydrogen-bond acceptors (Lipinski definition) is 12. The molecule has 2 aromatic heterocycles. The Bertz CT molecular complexity index is 2630. The fourth-order valence-electron chi connectivity index (χ4n) is 5.74. The molecule has 0 spiro atoms. The number of aromatic amines is 2. The van der Waals surface area contributed by atoms with Crippen molar-refractivity contribution >= 4 is 56.9 Å². The number of ether oxygens (including phenoxy) is 1. The Morgan fingerprint density at radius 3 is 1.45 bits per heavy atom. The Hall–Kier alpha value is -6.02. The van der Waals surface area contributed by atoms with E-state index in [9.17, 15) is 38.4 Å². The summed E-state index contributed by atoms with van der Waals surface area (Å²) in [6.07, 6.45) is 1.18. The first kappa shape index (κ1) is 48.3. The topological polar surface area (TPSA) is 277 Å². The molecule has 0 aliphatic heterocycles. The maximum absolute atomic E-state index is 12.4. The first-order valence-electron chi connectivity index (χ1n) is 18.1. The van der Waals surface area contributed by atoms with Crippen LogP contribution < -0.4 is 73.1 Å². The van der Waals surface area contributed by atoms with Crippen molar-refractivity contribution < 1.29 is 95.5 Å². The van der Waals surface area contributed by atoms with Gasteiger partial charge in [-0.05, 0) is 39.6 Å². The van der Waals surface area contributed by atoms with Crippen LogP contribution in [0.5, 0.6) is 0 Å². The molecule has 6 aromatic rings. The fourth-order valence-corrected chi connectivity index (χ4v) is 5.74. The molecule has 0 atom stereocenters. The number of carboxylic acid groups (broad SMARTS) is 1. The van der Waals surface area contributed by atoms with Crippen molar-refractivity contribution in [1.29, 1.82) is 0 Å². The number of rotatable bonds is 15. The number of ketones is 2. The van der Waals surface area contributed by atoms with E-state index in [-0.39, 0.29) is 125 Å². The van der Waals surface area contributed by atoms with Crippen LogP contribution in [0.2, 0.25) is 0 Å². The number of carboxylic acids is 1. The first-order valence-corrected chi connectivity index (χ1v) is 18.1.